The largest absolute Gasteiger partial charge is 0.481 e. The fourth-order valence-electron chi connectivity index (χ4n) is 6.44. The molecule has 0 saturated carbocycles. The van der Waals surface area contributed by atoms with Crippen LogP contribution in [-0.2, 0) is 32.2 Å². The Bertz CT molecular complexity index is 1700. The quantitative estimate of drug-likeness (QED) is 0.0863. The number of carbonyl (C=O) groups is 2. The summed E-state index contributed by atoms with van der Waals surface area (Å²) in [5.74, 6) is -0.856. The van der Waals surface area contributed by atoms with E-state index in [1.807, 2.05) is 105 Å². The first-order chi connectivity index (χ1) is 24.7. The van der Waals surface area contributed by atoms with Gasteiger partial charge in [0, 0.05) is 44.0 Å². The van der Waals surface area contributed by atoms with Crippen LogP contribution in [0.1, 0.15) is 91.8 Å². The second kappa shape index (κ2) is 18.7. The van der Waals surface area contributed by atoms with Crippen LogP contribution in [0.5, 0.6) is 0 Å². The molecule has 0 bridgehead atoms. The Labute approximate surface area is 300 Å². The second-order valence-corrected chi connectivity index (χ2v) is 13.4. The molecule has 1 fully saturated rings. The molecule has 1 amide bonds. The van der Waals surface area contributed by atoms with E-state index in [2.05, 4.69) is 22.3 Å². The number of nitrogens with zero attached hydrogens (tertiary/aromatic N) is 1. The number of nitrogens with one attached hydrogen (secondary N) is 1. The molecule has 5 rings (SSSR count). The fourth-order valence-corrected chi connectivity index (χ4v) is 6.44. The van der Waals surface area contributed by atoms with Gasteiger partial charge < -0.3 is 30.1 Å². The number of carboxylic acids is 1. The van der Waals surface area contributed by atoms with Gasteiger partial charge in [-0.15, -0.1) is 0 Å². The molecule has 5 atom stereocenters. The number of ether oxygens (including phenoxy) is 2. The molecule has 0 unspecified atom stereocenters. The summed E-state index contributed by atoms with van der Waals surface area (Å²) in [6.07, 6.45) is 1.38. The van der Waals surface area contributed by atoms with Crippen LogP contribution in [-0.4, -0.2) is 57.8 Å². The van der Waals surface area contributed by atoms with E-state index >= 15 is 0 Å². The molecule has 1 saturated heterocycles. The monoisotopic (exact) mass is 694 g/mol. The maximum absolute atomic E-state index is 12.4. The molecule has 0 radical (unpaired) electrons. The minimum atomic E-state index is -0.809. The highest BCUT2D eigenvalue weighted by atomic mass is 16.7. The number of benzene rings is 4. The van der Waals surface area contributed by atoms with Crippen molar-refractivity contribution in [2.75, 3.05) is 13.6 Å². The zero-order valence-corrected chi connectivity index (χ0v) is 29.5. The lowest BCUT2D eigenvalue weighted by Gasteiger charge is -2.39. The molecule has 4 aromatic rings. The van der Waals surface area contributed by atoms with Gasteiger partial charge in [-0.2, -0.15) is 0 Å². The Balaban J connectivity index is 1.28. The standard InChI is InChI=1S/C42H50N2O7/c1-29(41(49)33-12-5-3-6-13-33)44(2)27-37-25-38(32-21-19-30(28-45)20-22-32)51-42(50-37)36-16-10-15-35(24-36)34-14-9-11-31(23-34)26-43-39(46)17-7-4-8-18-40(47)48/h3,5-6,9-16,19-24,29,37-38,41-42,45,49H,4,7-8,17-18,25-28H2,1-2H3,(H,43,46)(H,47,48)/t29-,37-,38+,41-,42+/m1/s1. The molecule has 4 N–H and O–H groups in total. The average Bonchev–Trinajstić information content (AvgIpc) is 3.16. The topological polar surface area (TPSA) is 129 Å². The SMILES string of the molecule is C[C@H]([C@@H](O)c1ccccc1)N(C)C[C@H]1C[C@@H](c2ccc(CO)cc2)O[C@@H](c2cccc(-c3cccc(CNC(=O)CCCCCC(=O)O)c3)c2)O1. The number of hydrogen-bond donors (Lipinski definition) is 4. The minimum Gasteiger partial charge on any atom is -0.481 e. The predicted octanol–water partition coefficient (Wildman–Crippen LogP) is 7.10. The molecular formula is C42H50N2O7. The molecule has 51 heavy (non-hydrogen) atoms. The molecule has 4 aromatic carbocycles. The molecule has 270 valence electrons. The van der Waals surface area contributed by atoms with Gasteiger partial charge in [-0.25, -0.2) is 0 Å². The van der Waals surface area contributed by atoms with E-state index in [0.29, 0.717) is 45.2 Å². The third-order valence-electron chi connectivity index (χ3n) is 9.60. The fraction of sp³-hybridized carbons (Fsp3) is 0.381. The normalized spacial score (nSPS) is 18.6. The van der Waals surface area contributed by atoms with E-state index in [4.69, 9.17) is 14.6 Å². The third-order valence-corrected chi connectivity index (χ3v) is 9.60. The molecule has 1 heterocycles. The molecule has 1 aliphatic heterocycles. The van der Waals surface area contributed by atoms with Gasteiger partial charge in [-0.1, -0.05) is 97.4 Å². The average molecular weight is 695 g/mol. The van der Waals surface area contributed by atoms with Crippen molar-refractivity contribution in [2.45, 2.75) is 89.2 Å². The number of aliphatic hydroxyl groups is 2. The van der Waals surface area contributed by atoms with Crippen LogP contribution in [0, 0.1) is 0 Å². The number of rotatable bonds is 17. The first-order valence-corrected chi connectivity index (χ1v) is 17.8. The number of amides is 1. The van der Waals surface area contributed by atoms with Gasteiger partial charge in [-0.3, -0.25) is 14.5 Å². The van der Waals surface area contributed by atoms with Gasteiger partial charge in [0.15, 0.2) is 6.29 Å². The summed E-state index contributed by atoms with van der Waals surface area (Å²) in [5.41, 5.74) is 6.58. The first kappa shape index (κ1) is 37.9. The van der Waals surface area contributed by atoms with Gasteiger partial charge in [0.1, 0.15) is 0 Å². The van der Waals surface area contributed by atoms with Crippen molar-refractivity contribution < 1.29 is 34.4 Å². The highest BCUT2D eigenvalue weighted by molar-refractivity contribution is 5.76. The van der Waals surface area contributed by atoms with E-state index in [1.165, 1.54) is 0 Å². The van der Waals surface area contributed by atoms with Crippen molar-refractivity contribution >= 4 is 11.9 Å². The van der Waals surface area contributed by atoms with Crippen LogP contribution >= 0.6 is 0 Å². The van der Waals surface area contributed by atoms with E-state index in [1.54, 1.807) is 0 Å². The summed E-state index contributed by atoms with van der Waals surface area (Å²) < 4.78 is 13.3. The Hall–Kier alpha value is -4.38. The van der Waals surface area contributed by atoms with Crippen LogP contribution in [0.25, 0.3) is 11.1 Å². The predicted molar refractivity (Wildman–Crippen MR) is 196 cm³/mol. The lowest BCUT2D eigenvalue weighted by Crippen LogP contribution is -2.43. The number of carbonyl (C=O) groups excluding carboxylic acids is 1. The summed E-state index contributed by atoms with van der Waals surface area (Å²) >= 11 is 0. The summed E-state index contributed by atoms with van der Waals surface area (Å²) in [4.78, 5) is 25.2. The van der Waals surface area contributed by atoms with Crippen LogP contribution in [0.4, 0.5) is 0 Å². The van der Waals surface area contributed by atoms with Gasteiger partial charge in [-0.05, 0) is 72.3 Å². The van der Waals surface area contributed by atoms with Gasteiger partial charge in [0.2, 0.25) is 5.91 Å². The van der Waals surface area contributed by atoms with Crippen molar-refractivity contribution in [3.05, 3.63) is 131 Å². The molecule has 1 aliphatic rings. The van der Waals surface area contributed by atoms with E-state index in [-0.39, 0.29) is 37.2 Å². The highest BCUT2D eigenvalue weighted by Crippen LogP contribution is 2.39. The van der Waals surface area contributed by atoms with Crippen molar-refractivity contribution in [2.24, 2.45) is 0 Å². The molecule has 0 spiro atoms. The van der Waals surface area contributed by atoms with Gasteiger partial charge in [0.05, 0.1) is 24.9 Å². The zero-order chi connectivity index (χ0) is 36.2. The number of unbranched alkanes of at least 4 members (excludes halogenated alkanes) is 2. The molecule has 0 aromatic heterocycles. The zero-order valence-electron chi connectivity index (χ0n) is 29.5. The van der Waals surface area contributed by atoms with Crippen molar-refractivity contribution in [3.63, 3.8) is 0 Å². The summed E-state index contributed by atoms with van der Waals surface area (Å²) in [6.45, 7) is 2.99. The van der Waals surface area contributed by atoms with Gasteiger partial charge >= 0.3 is 5.97 Å². The Morgan fingerprint density at radius 1 is 0.824 bits per heavy atom. The number of likely N-dealkylation sites (N-methyl/N-ethyl adjacent to an activating group) is 1. The third kappa shape index (κ3) is 11.1. The molecule has 0 aliphatic carbocycles. The highest BCUT2D eigenvalue weighted by Gasteiger charge is 2.34. The van der Waals surface area contributed by atoms with Gasteiger partial charge in [0.25, 0.3) is 0 Å². The van der Waals surface area contributed by atoms with Crippen LogP contribution in [0.15, 0.2) is 103 Å². The number of hydrogen-bond acceptors (Lipinski definition) is 7. The number of aliphatic carboxylic acids is 1. The molecular weight excluding hydrogens is 644 g/mol. The lowest BCUT2D eigenvalue weighted by molar-refractivity contribution is -0.253. The summed E-state index contributed by atoms with van der Waals surface area (Å²) in [5, 5.41) is 32.5. The molecule has 9 heteroatoms. The summed E-state index contributed by atoms with van der Waals surface area (Å²) in [6, 6.07) is 33.6. The smallest absolute Gasteiger partial charge is 0.303 e. The first-order valence-electron chi connectivity index (χ1n) is 17.8. The van der Waals surface area contributed by atoms with Crippen LogP contribution in [0.2, 0.25) is 0 Å². The Kier molecular flexibility index (Phi) is 13.9. The Morgan fingerprint density at radius 3 is 2.25 bits per heavy atom. The lowest BCUT2D eigenvalue weighted by atomic mass is 9.97. The minimum absolute atomic E-state index is 0.0247. The van der Waals surface area contributed by atoms with Crippen LogP contribution < -0.4 is 5.32 Å². The number of aliphatic hydroxyl groups excluding tert-OH is 2. The van der Waals surface area contributed by atoms with Crippen LogP contribution in [0.3, 0.4) is 0 Å². The van der Waals surface area contributed by atoms with Crippen molar-refractivity contribution in [1.29, 1.82) is 0 Å². The van der Waals surface area contributed by atoms with E-state index < -0.39 is 18.4 Å². The molecule has 9 nitrogen and oxygen atoms in total. The van der Waals surface area contributed by atoms with E-state index in [0.717, 1.165) is 38.9 Å². The van der Waals surface area contributed by atoms with Crippen molar-refractivity contribution in [3.8, 4) is 11.1 Å². The maximum atomic E-state index is 12.4. The summed E-state index contributed by atoms with van der Waals surface area (Å²) in [7, 11) is 2.01. The maximum Gasteiger partial charge on any atom is 0.303 e. The second-order valence-electron chi connectivity index (χ2n) is 13.4. The Morgan fingerprint density at radius 2 is 1.53 bits per heavy atom. The van der Waals surface area contributed by atoms with Crippen molar-refractivity contribution in [1.82, 2.24) is 10.2 Å². The van der Waals surface area contributed by atoms with E-state index in [9.17, 15) is 19.8 Å². The number of carboxylic acid groups (broad SMARTS) is 1.